The van der Waals surface area contributed by atoms with Crippen molar-refractivity contribution in [1.29, 1.82) is 5.26 Å². The van der Waals surface area contributed by atoms with Gasteiger partial charge in [0.1, 0.15) is 5.69 Å². The number of likely N-dealkylation sites (tertiary alicyclic amines) is 1. The van der Waals surface area contributed by atoms with E-state index in [1.54, 1.807) is 17.2 Å². The molecule has 1 saturated heterocycles. The first-order valence-corrected chi connectivity index (χ1v) is 7.23. The van der Waals surface area contributed by atoms with Gasteiger partial charge in [0.05, 0.1) is 0 Å². The second kappa shape index (κ2) is 6.27. The zero-order chi connectivity index (χ0) is 15.4. The van der Waals surface area contributed by atoms with E-state index in [0.717, 1.165) is 17.5 Å². The number of aromatic nitrogens is 1. The average Bonchev–Trinajstić information content (AvgIpc) is 3.03. The number of pyridine rings is 1. The van der Waals surface area contributed by atoms with Crippen LogP contribution in [0.3, 0.4) is 0 Å². The molecule has 1 N–H and O–H groups in total. The number of carbonyl (C=O) groups is 1. The molecule has 1 aromatic heterocycles. The van der Waals surface area contributed by atoms with Crippen LogP contribution in [-0.2, 0) is 0 Å². The molecule has 2 heterocycles. The number of rotatable bonds is 3. The summed E-state index contributed by atoms with van der Waals surface area (Å²) < 4.78 is 0. The van der Waals surface area contributed by atoms with Crippen molar-refractivity contribution in [2.45, 2.75) is 12.5 Å². The van der Waals surface area contributed by atoms with E-state index >= 15 is 0 Å². The Bertz CT molecular complexity index is 691. The van der Waals surface area contributed by atoms with E-state index in [4.69, 9.17) is 5.26 Å². The van der Waals surface area contributed by atoms with Gasteiger partial charge in [0.25, 0.3) is 5.91 Å². The predicted molar refractivity (Wildman–Crippen MR) is 82.7 cm³/mol. The lowest BCUT2D eigenvalue weighted by molar-refractivity contribution is 0.0934. The molecule has 22 heavy (non-hydrogen) atoms. The monoisotopic (exact) mass is 292 g/mol. The fourth-order valence-electron chi connectivity index (χ4n) is 2.56. The van der Waals surface area contributed by atoms with Gasteiger partial charge in [-0.15, -0.1) is 0 Å². The van der Waals surface area contributed by atoms with Crippen LogP contribution in [0.5, 0.6) is 0 Å². The quantitative estimate of drug-likeness (QED) is 0.879. The molecule has 5 heteroatoms. The molecule has 1 aliphatic rings. The highest BCUT2D eigenvalue weighted by Gasteiger charge is 2.23. The Labute approximate surface area is 129 Å². The standard InChI is InChI=1S/C17H16N4O/c18-12-21-9-8-15(11-21)20-17(22)16-7-6-14(10-19-16)13-4-2-1-3-5-13/h1-7,10,15H,8-9,11H2,(H,20,22). The zero-order valence-electron chi connectivity index (χ0n) is 12.1. The fraction of sp³-hybridized carbons (Fsp3) is 0.235. The number of nitrogens with zero attached hydrogens (tertiary/aromatic N) is 3. The number of nitrogens with one attached hydrogen (secondary N) is 1. The van der Waals surface area contributed by atoms with Gasteiger partial charge in [0.15, 0.2) is 6.19 Å². The Hall–Kier alpha value is -2.87. The van der Waals surface area contributed by atoms with Crippen molar-refractivity contribution in [1.82, 2.24) is 15.2 Å². The molecule has 3 rings (SSSR count). The third kappa shape index (κ3) is 3.07. The van der Waals surface area contributed by atoms with Crippen LogP contribution < -0.4 is 5.32 Å². The number of hydrogen-bond donors (Lipinski definition) is 1. The van der Waals surface area contributed by atoms with Crippen molar-refractivity contribution in [2.24, 2.45) is 0 Å². The van der Waals surface area contributed by atoms with E-state index in [9.17, 15) is 4.79 Å². The summed E-state index contributed by atoms with van der Waals surface area (Å²) in [5.74, 6) is -0.190. The SMILES string of the molecule is N#CN1CCC(NC(=O)c2ccc(-c3ccccc3)cn2)C1. The van der Waals surface area contributed by atoms with Crippen LogP contribution in [0.2, 0.25) is 0 Å². The first kappa shape index (κ1) is 14.1. The summed E-state index contributed by atoms with van der Waals surface area (Å²) in [7, 11) is 0. The third-order valence-electron chi connectivity index (χ3n) is 3.77. The van der Waals surface area contributed by atoms with Gasteiger partial charge in [-0.25, -0.2) is 0 Å². The molecule has 1 fully saturated rings. The van der Waals surface area contributed by atoms with Crippen molar-refractivity contribution >= 4 is 5.91 Å². The molecule has 1 amide bonds. The second-order valence-corrected chi connectivity index (χ2v) is 5.30. The van der Waals surface area contributed by atoms with Crippen LogP contribution in [0.15, 0.2) is 48.7 Å². The maximum Gasteiger partial charge on any atom is 0.270 e. The Kier molecular flexibility index (Phi) is 4.01. The smallest absolute Gasteiger partial charge is 0.270 e. The van der Waals surface area contributed by atoms with Gasteiger partial charge < -0.3 is 10.2 Å². The number of nitriles is 1. The van der Waals surface area contributed by atoms with Gasteiger partial charge in [0, 0.05) is 30.9 Å². The van der Waals surface area contributed by atoms with Gasteiger partial charge in [-0.1, -0.05) is 36.4 Å². The molecule has 0 spiro atoms. The molecule has 0 aliphatic carbocycles. The molecule has 0 radical (unpaired) electrons. The summed E-state index contributed by atoms with van der Waals surface area (Å²) in [5.41, 5.74) is 2.45. The Morgan fingerprint density at radius 1 is 1.23 bits per heavy atom. The molecule has 1 unspecified atom stereocenters. The molecule has 0 saturated carbocycles. The normalized spacial score (nSPS) is 17.0. The summed E-state index contributed by atoms with van der Waals surface area (Å²) in [6, 6.07) is 13.6. The largest absolute Gasteiger partial charge is 0.346 e. The predicted octanol–water partition coefficient (Wildman–Crippen LogP) is 2.03. The van der Waals surface area contributed by atoms with Crippen molar-refractivity contribution in [3.05, 3.63) is 54.4 Å². The lowest BCUT2D eigenvalue weighted by Gasteiger charge is -2.12. The zero-order valence-corrected chi connectivity index (χ0v) is 12.1. The molecular weight excluding hydrogens is 276 g/mol. The number of amides is 1. The third-order valence-corrected chi connectivity index (χ3v) is 3.77. The van der Waals surface area contributed by atoms with Gasteiger partial charge in [-0.3, -0.25) is 9.78 Å². The Balaban J connectivity index is 1.66. The van der Waals surface area contributed by atoms with Crippen molar-refractivity contribution in [3.63, 3.8) is 0 Å². The molecule has 1 aromatic carbocycles. The molecule has 2 aromatic rings. The minimum Gasteiger partial charge on any atom is -0.346 e. The minimum absolute atomic E-state index is 0.0164. The Morgan fingerprint density at radius 2 is 2.05 bits per heavy atom. The highest BCUT2D eigenvalue weighted by atomic mass is 16.1. The maximum absolute atomic E-state index is 12.2. The number of benzene rings is 1. The average molecular weight is 292 g/mol. The summed E-state index contributed by atoms with van der Waals surface area (Å²) in [6.45, 7) is 1.27. The van der Waals surface area contributed by atoms with E-state index in [0.29, 0.717) is 18.8 Å². The van der Waals surface area contributed by atoms with Gasteiger partial charge in [-0.05, 0) is 18.1 Å². The molecule has 1 aliphatic heterocycles. The van der Waals surface area contributed by atoms with Gasteiger partial charge >= 0.3 is 0 Å². The molecular formula is C17H16N4O. The molecule has 110 valence electrons. The van der Waals surface area contributed by atoms with E-state index in [1.807, 2.05) is 36.4 Å². The first-order chi connectivity index (χ1) is 10.8. The van der Waals surface area contributed by atoms with E-state index in [1.165, 1.54) is 0 Å². The highest BCUT2D eigenvalue weighted by molar-refractivity contribution is 5.92. The van der Waals surface area contributed by atoms with Crippen LogP contribution in [0.25, 0.3) is 11.1 Å². The van der Waals surface area contributed by atoms with Crippen LogP contribution >= 0.6 is 0 Å². The van der Waals surface area contributed by atoms with Crippen LogP contribution in [0.4, 0.5) is 0 Å². The summed E-state index contributed by atoms with van der Waals surface area (Å²) in [6.07, 6.45) is 4.60. The van der Waals surface area contributed by atoms with Crippen molar-refractivity contribution in [2.75, 3.05) is 13.1 Å². The van der Waals surface area contributed by atoms with E-state index in [2.05, 4.69) is 16.5 Å². The first-order valence-electron chi connectivity index (χ1n) is 7.23. The van der Waals surface area contributed by atoms with Crippen molar-refractivity contribution in [3.8, 4) is 17.3 Å². The summed E-state index contributed by atoms with van der Waals surface area (Å²) in [5, 5.41) is 11.7. The van der Waals surface area contributed by atoms with Crippen molar-refractivity contribution < 1.29 is 4.79 Å². The second-order valence-electron chi connectivity index (χ2n) is 5.30. The molecule has 1 atom stereocenters. The highest BCUT2D eigenvalue weighted by Crippen LogP contribution is 2.17. The van der Waals surface area contributed by atoms with Gasteiger partial charge in [0.2, 0.25) is 0 Å². The lowest BCUT2D eigenvalue weighted by atomic mass is 10.1. The van der Waals surface area contributed by atoms with E-state index in [-0.39, 0.29) is 11.9 Å². The Morgan fingerprint density at radius 3 is 2.68 bits per heavy atom. The van der Waals surface area contributed by atoms with Gasteiger partial charge in [-0.2, -0.15) is 5.26 Å². The number of carbonyl (C=O) groups excluding carboxylic acids is 1. The van der Waals surface area contributed by atoms with Crippen LogP contribution in [0.1, 0.15) is 16.9 Å². The summed E-state index contributed by atoms with van der Waals surface area (Å²) in [4.78, 5) is 18.1. The molecule has 5 nitrogen and oxygen atoms in total. The topological polar surface area (TPSA) is 69.0 Å². The summed E-state index contributed by atoms with van der Waals surface area (Å²) >= 11 is 0. The van der Waals surface area contributed by atoms with Crippen LogP contribution in [-0.4, -0.2) is 34.9 Å². The fourth-order valence-corrected chi connectivity index (χ4v) is 2.56. The maximum atomic E-state index is 12.2. The lowest BCUT2D eigenvalue weighted by Crippen LogP contribution is -2.36. The molecule has 0 bridgehead atoms. The van der Waals surface area contributed by atoms with Crippen LogP contribution in [0, 0.1) is 11.5 Å². The minimum atomic E-state index is -0.190. The number of hydrogen-bond acceptors (Lipinski definition) is 4. The van der Waals surface area contributed by atoms with E-state index < -0.39 is 0 Å².